The molecule has 1 aliphatic rings. The zero-order valence-corrected chi connectivity index (χ0v) is 17.6. The highest BCUT2D eigenvalue weighted by molar-refractivity contribution is 5.69. The van der Waals surface area contributed by atoms with Gasteiger partial charge in [-0.15, -0.1) is 0 Å². The summed E-state index contributed by atoms with van der Waals surface area (Å²) in [5, 5.41) is 13.1. The van der Waals surface area contributed by atoms with Crippen molar-refractivity contribution in [2.24, 2.45) is 11.8 Å². The number of ether oxygens (including phenoxy) is 2. The number of anilines is 1. The van der Waals surface area contributed by atoms with E-state index in [1.165, 1.54) is 0 Å². The van der Waals surface area contributed by atoms with Crippen LogP contribution in [-0.4, -0.2) is 30.8 Å². The molecule has 0 bridgehead atoms. The SMILES string of the molecule is CC(C)CC(C)COc1ccc(-c2ccnc(NC3CCOCC3)c2)cc1C#N. The van der Waals surface area contributed by atoms with Crippen molar-refractivity contribution < 1.29 is 9.47 Å². The van der Waals surface area contributed by atoms with E-state index in [1.54, 1.807) is 6.20 Å². The van der Waals surface area contributed by atoms with Crippen molar-refractivity contribution in [3.8, 4) is 22.9 Å². The van der Waals surface area contributed by atoms with Crippen LogP contribution in [0.4, 0.5) is 5.82 Å². The third kappa shape index (κ3) is 6.20. The van der Waals surface area contributed by atoms with Gasteiger partial charge in [0.1, 0.15) is 17.6 Å². The summed E-state index contributed by atoms with van der Waals surface area (Å²) in [7, 11) is 0. The number of aromatic nitrogens is 1. The average molecular weight is 394 g/mol. The van der Waals surface area contributed by atoms with Crippen LogP contribution in [0.15, 0.2) is 36.5 Å². The fourth-order valence-electron chi connectivity index (χ4n) is 3.77. The maximum atomic E-state index is 9.60. The summed E-state index contributed by atoms with van der Waals surface area (Å²) in [6.45, 7) is 8.82. The van der Waals surface area contributed by atoms with Crippen molar-refractivity contribution in [2.45, 2.75) is 46.1 Å². The Hall–Kier alpha value is -2.58. The highest BCUT2D eigenvalue weighted by Gasteiger charge is 2.15. The first kappa shape index (κ1) is 21.1. The summed E-state index contributed by atoms with van der Waals surface area (Å²) in [5.41, 5.74) is 2.59. The van der Waals surface area contributed by atoms with E-state index in [4.69, 9.17) is 9.47 Å². The van der Waals surface area contributed by atoms with Gasteiger partial charge in [0, 0.05) is 25.5 Å². The topological polar surface area (TPSA) is 67.2 Å². The van der Waals surface area contributed by atoms with Crippen LogP contribution in [0, 0.1) is 23.2 Å². The van der Waals surface area contributed by atoms with Gasteiger partial charge in [0.25, 0.3) is 0 Å². The van der Waals surface area contributed by atoms with Crippen LogP contribution in [-0.2, 0) is 4.74 Å². The van der Waals surface area contributed by atoms with Crippen molar-refractivity contribution >= 4 is 5.82 Å². The number of rotatable bonds is 8. The van der Waals surface area contributed by atoms with Gasteiger partial charge < -0.3 is 14.8 Å². The second-order valence-corrected chi connectivity index (χ2v) is 8.33. The normalized spacial score (nSPS) is 15.7. The van der Waals surface area contributed by atoms with Gasteiger partial charge in [-0.25, -0.2) is 4.98 Å². The molecule has 5 nitrogen and oxygen atoms in total. The van der Waals surface area contributed by atoms with Crippen LogP contribution >= 0.6 is 0 Å². The minimum Gasteiger partial charge on any atom is -0.492 e. The minimum atomic E-state index is 0.393. The number of benzene rings is 1. The Morgan fingerprint density at radius 2 is 1.93 bits per heavy atom. The van der Waals surface area contributed by atoms with E-state index in [2.05, 4.69) is 37.1 Å². The number of nitrogens with zero attached hydrogens (tertiary/aromatic N) is 2. The predicted molar refractivity (Wildman–Crippen MR) is 116 cm³/mol. The lowest BCUT2D eigenvalue weighted by molar-refractivity contribution is 0.0904. The quantitative estimate of drug-likeness (QED) is 0.661. The Morgan fingerprint density at radius 3 is 2.66 bits per heavy atom. The summed E-state index contributed by atoms with van der Waals surface area (Å²) < 4.78 is 11.4. The summed E-state index contributed by atoms with van der Waals surface area (Å²) in [6, 6.07) is 12.5. The lowest BCUT2D eigenvalue weighted by atomic mass is 10.00. The van der Waals surface area contributed by atoms with E-state index in [9.17, 15) is 5.26 Å². The largest absolute Gasteiger partial charge is 0.492 e. The molecule has 1 aliphatic heterocycles. The van der Waals surface area contributed by atoms with Gasteiger partial charge >= 0.3 is 0 Å². The Kier molecular flexibility index (Phi) is 7.48. The Balaban J connectivity index is 1.70. The Labute approximate surface area is 174 Å². The molecule has 0 amide bonds. The molecule has 5 heteroatoms. The molecule has 29 heavy (non-hydrogen) atoms. The number of hydrogen-bond acceptors (Lipinski definition) is 5. The van der Waals surface area contributed by atoms with Crippen molar-refractivity contribution in [3.63, 3.8) is 0 Å². The molecular formula is C24H31N3O2. The summed E-state index contributed by atoms with van der Waals surface area (Å²) in [6.07, 6.45) is 4.90. The van der Waals surface area contributed by atoms with Gasteiger partial charge in [-0.2, -0.15) is 5.26 Å². The highest BCUT2D eigenvalue weighted by Crippen LogP contribution is 2.28. The van der Waals surface area contributed by atoms with Crippen molar-refractivity contribution in [3.05, 3.63) is 42.1 Å². The second kappa shape index (κ2) is 10.3. The standard InChI is InChI=1S/C24H31N3O2/c1-17(2)12-18(3)16-29-23-5-4-19(13-21(23)15-25)20-6-9-26-24(14-20)27-22-7-10-28-11-8-22/h4-6,9,13-14,17-18,22H,7-8,10-12,16H2,1-3H3,(H,26,27). The average Bonchev–Trinajstić information content (AvgIpc) is 2.72. The van der Waals surface area contributed by atoms with E-state index in [-0.39, 0.29) is 0 Å². The summed E-state index contributed by atoms with van der Waals surface area (Å²) in [5.74, 6) is 2.61. The fraction of sp³-hybridized carbons (Fsp3) is 0.500. The Morgan fingerprint density at radius 1 is 1.17 bits per heavy atom. The molecule has 1 N–H and O–H groups in total. The first-order chi connectivity index (χ1) is 14.0. The summed E-state index contributed by atoms with van der Waals surface area (Å²) >= 11 is 0. The molecule has 1 atom stereocenters. The number of pyridine rings is 1. The molecular weight excluding hydrogens is 362 g/mol. The molecule has 1 aromatic carbocycles. The minimum absolute atomic E-state index is 0.393. The summed E-state index contributed by atoms with van der Waals surface area (Å²) in [4.78, 5) is 4.45. The third-order valence-electron chi connectivity index (χ3n) is 5.16. The fourth-order valence-corrected chi connectivity index (χ4v) is 3.77. The van der Waals surface area contributed by atoms with Crippen LogP contribution in [0.3, 0.4) is 0 Å². The first-order valence-electron chi connectivity index (χ1n) is 10.5. The molecule has 2 heterocycles. The molecule has 1 saturated heterocycles. The lowest BCUT2D eigenvalue weighted by Gasteiger charge is -2.23. The van der Waals surface area contributed by atoms with Crippen LogP contribution in [0.25, 0.3) is 11.1 Å². The van der Waals surface area contributed by atoms with E-state index in [0.29, 0.717) is 35.8 Å². The smallest absolute Gasteiger partial charge is 0.137 e. The monoisotopic (exact) mass is 393 g/mol. The second-order valence-electron chi connectivity index (χ2n) is 8.33. The van der Waals surface area contributed by atoms with Gasteiger partial charge in [-0.3, -0.25) is 0 Å². The van der Waals surface area contributed by atoms with Gasteiger partial charge in [0.2, 0.25) is 0 Å². The lowest BCUT2D eigenvalue weighted by Crippen LogP contribution is -2.28. The molecule has 1 unspecified atom stereocenters. The van der Waals surface area contributed by atoms with Crippen LogP contribution < -0.4 is 10.1 Å². The van der Waals surface area contributed by atoms with Crippen LogP contribution in [0.2, 0.25) is 0 Å². The molecule has 0 saturated carbocycles. The van der Waals surface area contributed by atoms with Crippen LogP contribution in [0.1, 0.15) is 45.6 Å². The zero-order valence-electron chi connectivity index (χ0n) is 17.6. The van der Waals surface area contributed by atoms with E-state index < -0.39 is 0 Å². The van der Waals surface area contributed by atoms with E-state index >= 15 is 0 Å². The highest BCUT2D eigenvalue weighted by atomic mass is 16.5. The van der Waals surface area contributed by atoms with E-state index in [1.807, 2.05) is 30.3 Å². The van der Waals surface area contributed by atoms with Gasteiger partial charge in [-0.1, -0.05) is 26.8 Å². The van der Waals surface area contributed by atoms with Crippen molar-refractivity contribution in [2.75, 3.05) is 25.1 Å². The molecule has 0 spiro atoms. The molecule has 3 rings (SSSR count). The molecule has 2 aromatic rings. The molecule has 0 aliphatic carbocycles. The molecule has 154 valence electrons. The molecule has 1 aromatic heterocycles. The maximum Gasteiger partial charge on any atom is 0.137 e. The Bertz CT molecular complexity index is 838. The predicted octanol–water partition coefficient (Wildman–Crippen LogP) is 5.27. The maximum absolute atomic E-state index is 9.60. The van der Waals surface area contributed by atoms with Gasteiger partial charge in [0.05, 0.1) is 12.2 Å². The molecule has 0 radical (unpaired) electrons. The number of hydrogen-bond donors (Lipinski definition) is 1. The van der Waals surface area contributed by atoms with Gasteiger partial charge in [-0.05, 0) is 66.5 Å². The van der Waals surface area contributed by atoms with Crippen LogP contribution in [0.5, 0.6) is 5.75 Å². The van der Waals surface area contributed by atoms with Crippen molar-refractivity contribution in [1.82, 2.24) is 4.98 Å². The third-order valence-corrected chi connectivity index (χ3v) is 5.16. The number of nitrogens with one attached hydrogen (secondary N) is 1. The van der Waals surface area contributed by atoms with E-state index in [0.717, 1.165) is 49.4 Å². The first-order valence-corrected chi connectivity index (χ1v) is 10.5. The van der Waals surface area contributed by atoms with Gasteiger partial charge in [0.15, 0.2) is 0 Å². The molecule has 1 fully saturated rings. The van der Waals surface area contributed by atoms with Crippen molar-refractivity contribution in [1.29, 1.82) is 5.26 Å². The number of nitriles is 1. The zero-order chi connectivity index (χ0) is 20.6.